The number of hydrogen-bond acceptors (Lipinski definition) is 2. The highest BCUT2D eigenvalue weighted by Crippen LogP contribution is 2.03. The Bertz CT molecular complexity index is 311. The zero-order valence-corrected chi connectivity index (χ0v) is 9.78. The van der Waals surface area contributed by atoms with Crippen LogP contribution in [-0.2, 0) is 11.2 Å². The molecule has 0 aromatic heterocycles. The van der Waals surface area contributed by atoms with Crippen molar-refractivity contribution in [3.8, 4) is 0 Å². The maximum Gasteiger partial charge on any atom is 0.236 e. The van der Waals surface area contributed by atoms with Crippen LogP contribution in [0.1, 0.15) is 25.3 Å². The Balaban J connectivity index is 2.29. The molecule has 1 aromatic rings. The van der Waals surface area contributed by atoms with Crippen LogP contribution in [0, 0.1) is 0 Å². The largest absolute Gasteiger partial charge is 0.355 e. The summed E-state index contributed by atoms with van der Waals surface area (Å²) in [4.78, 5) is 11.5. The summed E-state index contributed by atoms with van der Waals surface area (Å²) in [6.45, 7) is 2.73. The lowest BCUT2D eigenvalue weighted by Crippen LogP contribution is -2.41. The van der Waals surface area contributed by atoms with Gasteiger partial charge in [0.1, 0.15) is 0 Å². The summed E-state index contributed by atoms with van der Waals surface area (Å²) >= 11 is 0. The van der Waals surface area contributed by atoms with Crippen LogP contribution in [0.4, 0.5) is 0 Å². The van der Waals surface area contributed by atoms with Crippen molar-refractivity contribution in [2.45, 2.75) is 32.2 Å². The maximum atomic E-state index is 11.5. The fraction of sp³-hybridized carbons (Fsp3) is 0.462. The highest BCUT2D eigenvalue weighted by molar-refractivity contribution is 5.81. The summed E-state index contributed by atoms with van der Waals surface area (Å²) in [6.07, 6.45) is 2.48. The number of hydrogen-bond donors (Lipinski definition) is 2. The van der Waals surface area contributed by atoms with Crippen LogP contribution in [0.25, 0.3) is 0 Å². The molecule has 0 heterocycles. The zero-order chi connectivity index (χ0) is 11.8. The third-order valence-corrected chi connectivity index (χ3v) is 2.47. The molecule has 1 aromatic carbocycles. The van der Waals surface area contributed by atoms with Crippen molar-refractivity contribution >= 4 is 5.91 Å². The van der Waals surface area contributed by atoms with Crippen molar-refractivity contribution in [2.24, 2.45) is 5.73 Å². The van der Waals surface area contributed by atoms with Crippen LogP contribution >= 0.6 is 0 Å². The van der Waals surface area contributed by atoms with Gasteiger partial charge in [-0.2, -0.15) is 0 Å². The topological polar surface area (TPSA) is 55.1 Å². The van der Waals surface area contributed by atoms with E-state index < -0.39 is 6.04 Å². The van der Waals surface area contributed by atoms with Gasteiger partial charge in [0.15, 0.2) is 0 Å². The van der Waals surface area contributed by atoms with Crippen LogP contribution in [0.3, 0.4) is 0 Å². The van der Waals surface area contributed by atoms with Gasteiger partial charge in [0, 0.05) is 6.54 Å². The van der Waals surface area contributed by atoms with E-state index in [1.54, 1.807) is 0 Å². The van der Waals surface area contributed by atoms with Crippen LogP contribution in [0.15, 0.2) is 30.3 Å². The van der Waals surface area contributed by atoms with E-state index in [0.717, 1.165) is 12.8 Å². The maximum absolute atomic E-state index is 11.5. The molecule has 0 spiro atoms. The quantitative estimate of drug-likeness (QED) is 0.763. The van der Waals surface area contributed by atoms with E-state index in [4.69, 9.17) is 5.73 Å². The molecule has 0 fully saturated rings. The SMILES string of the molecule is CCCNC(=O)C(N)CCc1ccccc1. The van der Waals surface area contributed by atoms with E-state index >= 15 is 0 Å². The Labute approximate surface area is 97.0 Å². The molecule has 3 N–H and O–H groups in total. The second-order valence-electron chi connectivity index (χ2n) is 3.92. The van der Waals surface area contributed by atoms with Crippen LogP contribution in [0.5, 0.6) is 0 Å². The van der Waals surface area contributed by atoms with Gasteiger partial charge in [0.2, 0.25) is 5.91 Å². The molecular weight excluding hydrogens is 200 g/mol. The molecule has 0 aliphatic carbocycles. The Morgan fingerprint density at radius 3 is 2.69 bits per heavy atom. The highest BCUT2D eigenvalue weighted by atomic mass is 16.2. The number of nitrogens with two attached hydrogens (primary N) is 1. The third kappa shape index (κ3) is 4.45. The van der Waals surface area contributed by atoms with E-state index in [-0.39, 0.29) is 5.91 Å². The van der Waals surface area contributed by atoms with Gasteiger partial charge in [-0.05, 0) is 24.8 Å². The monoisotopic (exact) mass is 220 g/mol. The molecule has 0 aliphatic heterocycles. The van der Waals surface area contributed by atoms with Gasteiger partial charge in [-0.25, -0.2) is 0 Å². The molecule has 0 saturated carbocycles. The van der Waals surface area contributed by atoms with Crippen molar-refractivity contribution in [1.29, 1.82) is 0 Å². The Kier molecular flexibility index (Phi) is 5.57. The molecule has 1 unspecified atom stereocenters. The molecule has 0 aliphatic rings. The summed E-state index contributed by atoms with van der Waals surface area (Å²) in [7, 11) is 0. The Morgan fingerprint density at radius 2 is 2.06 bits per heavy atom. The molecule has 0 bridgehead atoms. The minimum atomic E-state index is -0.397. The minimum Gasteiger partial charge on any atom is -0.355 e. The van der Waals surface area contributed by atoms with Gasteiger partial charge in [0.25, 0.3) is 0 Å². The average Bonchev–Trinajstić information content (AvgIpc) is 2.34. The van der Waals surface area contributed by atoms with Crippen LogP contribution in [0.2, 0.25) is 0 Å². The summed E-state index contributed by atoms with van der Waals surface area (Å²) in [5.74, 6) is -0.0437. The van der Waals surface area contributed by atoms with Crippen molar-refractivity contribution in [3.63, 3.8) is 0 Å². The van der Waals surface area contributed by atoms with Crippen molar-refractivity contribution in [2.75, 3.05) is 6.54 Å². The van der Waals surface area contributed by atoms with E-state index in [0.29, 0.717) is 13.0 Å². The number of nitrogens with one attached hydrogen (secondary N) is 1. The first-order valence-corrected chi connectivity index (χ1v) is 5.81. The summed E-state index contributed by atoms with van der Waals surface area (Å²) in [5.41, 5.74) is 7.02. The highest BCUT2D eigenvalue weighted by Gasteiger charge is 2.11. The van der Waals surface area contributed by atoms with Gasteiger partial charge < -0.3 is 11.1 Å². The lowest BCUT2D eigenvalue weighted by molar-refractivity contribution is -0.122. The predicted octanol–water partition coefficient (Wildman–Crippen LogP) is 1.47. The van der Waals surface area contributed by atoms with Crippen LogP contribution in [-0.4, -0.2) is 18.5 Å². The second-order valence-corrected chi connectivity index (χ2v) is 3.92. The molecule has 0 radical (unpaired) electrons. The van der Waals surface area contributed by atoms with Crippen molar-refractivity contribution < 1.29 is 4.79 Å². The van der Waals surface area contributed by atoms with E-state index in [9.17, 15) is 4.79 Å². The molecule has 3 nitrogen and oxygen atoms in total. The van der Waals surface area contributed by atoms with Gasteiger partial charge in [0.05, 0.1) is 6.04 Å². The first-order chi connectivity index (χ1) is 7.74. The zero-order valence-electron chi connectivity index (χ0n) is 9.78. The number of benzene rings is 1. The number of aryl methyl sites for hydroxylation is 1. The molecule has 0 saturated heterocycles. The van der Waals surface area contributed by atoms with E-state index in [2.05, 4.69) is 17.4 Å². The average molecular weight is 220 g/mol. The molecule has 3 heteroatoms. The third-order valence-electron chi connectivity index (χ3n) is 2.47. The molecular formula is C13H20N2O. The van der Waals surface area contributed by atoms with Gasteiger partial charge in [-0.1, -0.05) is 37.3 Å². The molecule has 1 amide bonds. The normalized spacial score (nSPS) is 12.1. The van der Waals surface area contributed by atoms with E-state index in [1.807, 2.05) is 25.1 Å². The standard InChI is InChI=1S/C13H20N2O/c1-2-10-15-13(16)12(14)9-8-11-6-4-3-5-7-11/h3-7,12H,2,8-10,14H2,1H3,(H,15,16). The first kappa shape index (κ1) is 12.7. The van der Waals surface area contributed by atoms with Gasteiger partial charge in [-0.15, -0.1) is 0 Å². The fourth-order valence-corrected chi connectivity index (χ4v) is 1.48. The predicted molar refractivity (Wildman–Crippen MR) is 66.0 cm³/mol. The number of carbonyl (C=O) groups excluding carboxylic acids is 1. The smallest absolute Gasteiger partial charge is 0.236 e. The number of amides is 1. The number of rotatable bonds is 6. The lowest BCUT2D eigenvalue weighted by Gasteiger charge is -2.11. The molecule has 1 atom stereocenters. The Hall–Kier alpha value is -1.35. The van der Waals surface area contributed by atoms with E-state index in [1.165, 1.54) is 5.56 Å². The summed E-state index contributed by atoms with van der Waals surface area (Å²) < 4.78 is 0. The fourth-order valence-electron chi connectivity index (χ4n) is 1.48. The first-order valence-electron chi connectivity index (χ1n) is 5.81. The second kappa shape index (κ2) is 7.01. The van der Waals surface area contributed by atoms with Gasteiger partial charge in [-0.3, -0.25) is 4.79 Å². The summed E-state index contributed by atoms with van der Waals surface area (Å²) in [5, 5.41) is 2.80. The molecule has 1 rings (SSSR count). The summed E-state index contributed by atoms with van der Waals surface area (Å²) in [6, 6.07) is 9.69. The molecule has 16 heavy (non-hydrogen) atoms. The van der Waals surface area contributed by atoms with Crippen LogP contribution < -0.4 is 11.1 Å². The van der Waals surface area contributed by atoms with Crippen molar-refractivity contribution in [1.82, 2.24) is 5.32 Å². The number of carbonyl (C=O) groups is 1. The van der Waals surface area contributed by atoms with Crippen molar-refractivity contribution in [3.05, 3.63) is 35.9 Å². The minimum absolute atomic E-state index is 0.0437. The van der Waals surface area contributed by atoms with Gasteiger partial charge >= 0.3 is 0 Å². The molecule has 88 valence electrons. The Morgan fingerprint density at radius 1 is 1.38 bits per heavy atom. The lowest BCUT2D eigenvalue weighted by atomic mass is 10.1.